The smallest absolute Gasteiger partial charge is 0.270 e. The van der Waals surface area contributed by atoms with E-state index in [0.29, 0.717) is 18.7 Å². The van der Waals surface area contributed by atoms with E-state index in [4.69, 9.17) is 10.9 Å². The van der Waals surface area contributed by atoms with Crippen molar-refractivity contribution in [2.24, 2.45) is 10.9 Å². The molecule has 1 aromatic rings. The molecule has 0 unspecified atom stereocenters. The Morgan fingerprint density at radius 1 is 1.80 bits per heavy atom. The average molecular weight is 228 g/mol. The van der Waals surface area contributed by atoms with Gasteiger partial charge in [0.1, 0.15) is 11.5 Å². The molecule has 1 amide bonds. The number of aromatic nitrogens is 1. The molecule has 6 nitrogen and oxygen atoms in total. The molecule has 0 aliphatic rings. The number of oxime groups is 1. The maximum Gasteiger partial charge on any atom is 0.270 e. The van der Waals surface area contributed by atoms with Crippen molar-refractivity contribution in [3.05, 3.63) is 16.1 Å². The van der Waals surface area contributed by atoms with E-state index in [1.165, 1.54) is 11.3 Å². The van der Waals surface area contributed by atoms with E-state index in [-0.39, 0.29) is 11.7 Å². The molecule has 0 spiro atoms. The molecule has 4 N–H and O–H groups in total. The Balaban J connectivity index is 2.37. The van der Waals surface area contributed by atoms with Crippen LogP contribution in [0.2, 0.25) is 0 Å². The molecule has 0 atom stereocenters. The molecule has 1 aromatic heterocycles. The monoisotopic (exact) mass is 228 g/mol. The molecule has 1 rings (SSSR count). The van der Waals surface area contributed by atoms with Gasteiger partial charge in [-0.2, -0.15) is 0 Å². The summed E-state index contributed by atoms with van der Waals surface area (Å²) in [4.78, 5) is 15.4. The second kappa shape index (κ2) is 5.30. The highest BCUT2D eigenvalue weighted by Crippen LogP contribution is 2.07. The fourth-order valence-corrected chi connectivity index (χ4v) is 1.51. The number of thiazole rings is 1. The first kappa shape index (κ1) is 11.4. The van der Waals surface area contributed by atoms with Crippen LogP contribution in [-0.2, 0) is 0 Å². The van der Waals surface area contributed by atoms with Crippen LogP contribution in [0.4, 0.5) is 0 Å². The quantitative estimate of drug-likeness (QED) is 0.299. The number of carbonyl (C=O) groups is 1. The lowest BCUT2D eigenvalue weighted by Gasteiger charge is -2.01. The van der Waals surface area contributed by atoms with Crippen LogP contribution in [0.25, 0.3) is 0 Å². The van der Waals surface area contributed by atoms with Crippen LogP contribution in [0.5, 0.6) is 0 Å². The van der Waals surface area contributed by atoms with Crippen LogP contribution in [-0.4, -0.2) is 28.5 Å². The number of amides is 1. The van der Waals surface area contributed by atoms with Gasteiger partial charge in [0.2, 0.25) is 0 Å². The predicted molar refractivity (Wildman–Crippen MR) is 57.2 cm³/mol. The number of nitrogens with two attached hydrogens (primary N) is 1. The van der Waals surface area contributed by atoms with E-state index in [1.54, 1.807) is 5.38 Å². The molecule has 82 valence electrons. The summed E-state index contributed by atoms with van der Waals surface area (Å²) in [6.07, 6.45) is 0.311. The third-order valence-electron chi connectivity index (χ3n) is 1.65. The molecule has 0 saturated carbocycles. The largest absolute Gasteiger partial charge is 0.409 e. The Hall–Kier alpha value is -1.63. The van der Waals surface area contributed by atoms with Crippen LogP contribution in [0, 0.1) is 6.92 Å². The van der Waals surface area contributed by atoms with Gasteiger partial charge < -0.3 is 16.3 Å². The van der Waals surface area contributed by atoms with Gasteiger partial charge in [-0.15, -0.1) is 11.3 Å². The topological polar surface area (TPSA) is 101 Å². The van der Waals surface area contributed by atoms with Crippen molar-refractivity contribution < 1.29 is 10.0 Å². The molecule has 7 heteroatoms. The summed E-state index contributed by atoms with van der Waals surface area (Å²) in [6, 6.07) is 0. The second-order valence-corrected chi connectivity index (χ2v) is 3.91. The van der Waals surface area contributed by atoms with Crippen molar-refractivity contribution in [1.29, 1.82) is 0 Å². The summed E-state index contributed by atoms with van der Waals surface area (Å²) >= 11 is 1.42. The van der Waals surface area contributed by atoms with Gasteiger partial charge in [-0.05, 0) is 6.92 Å². The Morgan fingerprint density at radius 3 is 3.07 bits per heavy atom. The molecule has 0 radical (unpaired) electrons. The number of carbonyl (C=O) groups excluding carboxylic acids is 1. The Kier molecular flexibility index (Phi) is 4.04. The number of hydrogen-bond donors (Lipinski definition) is 3. The lowest BCUT2D eigenvalue weighted by atomic mass is 10.4. The predicted octanol–water partition coefficient (Wildman–Crippen LogP) is 0.318. The number of nitrogens with zero attached hydrogens (tertiary/aromatic N) is 2. The fourth-order valence-electron chi connectivity index (χ4n) is 0.912. The van der Waals surface area contributed by atoms with Crippen LogP contribution < -0.4 is 11.1 Å². The highest BCUT2D eigenvalue weighted by Gasteiger charge is 2.08. The first-order chi connectivity index (χ1) is 7.13. The molecular formula is C8H12N4O2S. The maximum absolute atomic E-state index is 11.4. The van der Waals surface area contributed by atoms with E-state index in [0.717, 1.165) is 5.01 Å². The summed E-state index contributed by atoms with van der Waals surface area (Å²) in [5.41, 5.74) is 5.64. The van der Waals surface area contributed by atoms with E-state index in [2.05, 4.69) is 15.5 Å². The summed E-state index contributed by atoms with van der Waals surface area (Å²) in [5.74, 6) is -0.158. The Bertz CT molecular complexity index is 374. The molecule has 0 aliphatic carbocycles. The first-order valence-electron chi connectivity index (χ1n) is 4.30. The molecule has 1 heterocycles. The van der Waals surface area contributed by atoms with E-state index >= 15 is 0 Å². The minimum Gasteiger partial charge on any atom is -0.409 e. The molecule has 15 heavy (non-hydrogen) atoms. The number of aryl methyl sites for hydroxylation is 1. The lowest BCUT2D eigenvalue weighted by molar-refractivity contribution is 0.0950. The van der Waals surface area contributed by atoms with Crippen LogP contribution in [0.15, 0.2) is 10.5 Å². The second-order valence-electron chi connectivity index (χ2n) is 2.85. The zero-order valence-electron chi connectivity index (χ0n) is 8.23. The minimum atomic E-state index is -0.245. The number of amidine groups is 1. The van der Waals surface area contributed by atoms with Gasteiger partial charge in [-0.25, -0.2) is 4.98 Å². The Morgan fingerprint density at radius 2 is 2.53 bits per heavy atom. The van der Waals surface area contributed by atoms with Crippen molar-refractivity contribution in [3.8, 4) is 0 Å². The number of rotatable bonds is 4. The van der Waals surface area contributed by atoms with Gasteiger partial charge in [-0.3, -0.25) is 4.79 Å². The van der Waals surface area contributed by atoms with Crippen LogP contribution in [0.3, 0.4) is 0 Å². The number of nitrogens with one attached hydrogen (secondary N) is 1. The minimum absolute atomic E-state index is 0.0877. The van der Waals surface area contributed by atoms with Crippen molar-refractivity contribution in [3.63, 3.8) is 0 Å². The summed E-state index contributed by atoms with van der Waals surface area (Å²) in [7, 11) is 0. The van der Waals surface area contributed by atoms with Gasteiger partial charge >= 0.3 is 0 Å². The summed E-state index contributed by atoms with van der Waals surface area (Å²) in [5, 5.41) is 16.2. The van der Waals surface area contributed by atoms with E-state index in [1.807, 2.05) is 6.92 Å². The molecule has 0 saturated heterocycles. The van der Waals surface area contributed by atoms with E-state index < -0.39 is 0 Å². The van der Waals surface area contributed by atoms with Crippen molar-refractivity contribution in [1.82, 2.24) is 10.3 Å². The van der Waals surface area contributed by atoms with Crippen LogP contribution >= 0.6 is 11.3 Å². The van der Waals surface area contributed by atoms with Gasteiger partial charge in [0.05, 0.1) is 5.01 Å². The molecule has 0 aromatic carbocycles. The molecular weight excluding hydrogens is 216 g/mol. The van der Waals surface area contributed by atoms with Gasteiger partial charge in [-0.1, -0.05) is 5.16 Å². The maximum atomic E-state index is 11.4. The third-order valence-corrected chi connectivity index (χ3v) is 2.42. The molecule has 0 aliphatic heterocycles. The zero-order valence-corrected chi connectivity index (χ0v) is 9.04. The van der Waals surface area contributed by atoms with Crippen molar-refractivity contribution >= 4 is 23.1 Å². The lowest BCUT2D eigenvalue weighted by Crippen LogP contribution is -2.28. The first-order valence-corrected chi connectivity index (χ1v) is 5.18. The zero-order chi connectivity index (χ0) is 11.3. The Labute approximate surface area is 90.8 Å². The number of hydrogen-bond acceptors (Lipinski definition) is 5. The third kappa shape index (κ3) is 3.55. The van der Waals surface area contributed by atoms with Gasteiger partial charge in [0.15, 0.2) is 0 Å². The van der Waals surface area contributed by atoms with E-state index in [9.17, 15) is 4.79 Å². The highest BCUT2D eigenvalue weighted by atomic mass is 32.1. The SMILES string of the molecule is Cc1nc(C(=O)NCCC(N)=NO)cs1. The fraction of sp³-hybridized carbons (Fsp3) is 0.375. The van der Waals surface area contributed by atoms with Crippen LogP contribution in [0.1, 0.15) is 21.9 Å². The normalized spacial score (nSPS) is 11.4. The standard InChI is InChI=1S/C8H12N4O2S/c1-5-11-6(4-15-5)8(13)10-3-2-7(9)12-14/h4,14H,2-3H2,1H3,(H2,9,12)(H,10,13). The van der Waals surface area contributed by atoms with Gasteiger partial charge in [0, 0.05) is 18.3 Å². The molecule has 0 fully saturated rings. The summed E-state index contributed by atoms with van der Waals surface area (Å²) in [6.45, 7) is 2.16. The van der Waals surface area contributed by atoms with Gasteiger partial charge in [0.25, 0.3) is 5.91 Å². The highest BCUT2D eigenvalue weighted by molar-refractivity contribution is 7.09. The van der Waals surface area contributed by atoms with Crippen molar-refractivity contribution in [2.75, 3.05) is 6.54 Å². The molecule has 0 bridgehead atoms. The van der Waals surface area contributed by atoms with Crippen molar-refractivity contribution in [2.45, 2.75) is 13.3 Å². The summed E-state index contributed by atoms with van der Waals surface area (Å²) < 4.78 is 0. The average Bonchev–Trinajstić information content (AvgIpc) is 2.64.